The molecule has 162 valence electrons. The number of benzene rings is 2. The van der Waals surface area contributed by atoms with Gasteiger partial charge in [-0.2, -0.15) is 0 Å². The van der Waals surface area contributed by atoms with Gasteiger partial charge in [0, 0.05) is 34.6 Å². The van der Waals surface area contributed by atoms with E-state index in [1.807, 2.05) is 6.92 Å². The zero-order chi connectivity index (χ0) is 22.1. The Morgan fingerprint density at radius 1 is 1.07 bits per heavy atom. The summed E-state index contributed by atoms with van der Waals surface area (Å²) in [6.07, 6.45) is 0.747. The van der Waals surface area contributed by atoms with Crippen molar-refractivity contribution in [3.63, 3.8) is 0 Å². The summed E-state index contributed by atoms with van der Waals surface area (Å²) in [7, 11) is 0. The van der Waals surface area contributed by atoms with Crippen LogP contribution in [0.4, 0.5) is 0 Å². The number of carbonyl (C=O) groups is 2. The molecule has 0 aliphatic rings. The van der Waals surface area contributed by atoms with Crippen LogP contribution in [0.3, 0.4) is 0 Å². The first kappa shape index (κ1) is 24.3. The average Bonchev–Trinajstić information content (AvgIpc) is 2.71. The second kappa shape index (κ2) is 12.0. The molecule has 0 aliphatic carbocycles. The lowest BCUT2D eigenvalue weighted by Crippen LogP contribution is -2.47. The smallest absolute Gasteiger partial charge is 0.242 e. The summed E-state index contributed by atoms with van der Waals surface area (Å²) in [6, 6.07) is 11.5. The fourth-order valence-electron chi connectivity index (χ4n) is 2.83. The molecule has 2 aromatic carbocycles. The van der Waals surface area contributed by atoms with Crippen LogP contribution in [0.25, 0.3) is 0 Å². The van der Waals surface area contributed by atoms with Gasteiger partial charge in [0.05, 0.1) is 6.61 Å². The number of hydrogen-bond donors (Lipinski definition) is 1. The van der Waals surface area contributed by atoms with Gasteiger partial charge in [-0.1, -0.05) is 40.9 Å². The number of rotatable bonds is 10. The van der Waals surface area contributed by atoms with Crippen molar-refractivity contribution in [1.29, 1.82) is 0 Å². The molecule has 1 atom stereocenters. The van der Waals surface area contributed by atoms with Crippen LogP contribution in [-0.2, 0) is 16.1 Å². The first-order chi connectivity index (χ1) is 14.3. The molecule has 0 unspecified atom stereocenters. The maximum atomic E-state index is 12.9. The number of carbonyl (C=O) groups excluding carboxylic acids is 2. The van der Waals surface area contributed by atoms with Gasteiger partial charge >= 0.3 is 0 Å². The fraction of sp³-hybridized carbons (Fsp3) is 0.364. The van der Waals surface area contributed by atoms with Gasteiger partial charge in [0.25, 0.3) is 0 Å². The van der Waals surface area contributed by atoms with E-state index in [2.05, 4.69) is 5.32 Å². The van der Waals surface area contributed by atoms with Gasteiger partial charge in [0.15, 0.2) is 0 Å². The number of nitrogens with zero attached hydrogens (tertiary/aromatic N) is 1. The largest absolute Gasteiger partial charge is 0.494 e. The quantitative estimate of drug-likeness (QED) is 0.475. The zero-order valence-electron chi connectivity index (χ0n) is 17.0. The van der Waals surface area contributed by atoms with Crippen molar-refractivity contribution in [2.24, 2.45) is 0 Å². The second-order valence-corrected chi connectivity index (χ2v) is 8.01. The predicted molar refractivity (Wildman–Crippen MR) is 121 cm³/mol. The first-order valence-electron chi connectivity index (χ1n) is 9.71. The fourth-order valence-corrected chi connectivity index (χ4v) is 3.42. The molecule has 5 nitrogen and oxygen atoms in total. The normalized spacial score (nSPS) is 11.6. The molecule has 2 amide bonds. The van der Waals surface area contributed by atoms with Crippen molar-refractivity contribution in [2.45, 2.75) is 39.3 Å². The SMILES string of the molecule is CCNC(=O)[C@H](C)N(Cc1ccc(Cl)cc1Cl)C(=O)CCCOc1ccc(Cl)cc1. The van der Waals surface area contributed by atoms with Crippen LogP contribution in [-0.4, -0.2) is 35.9 Å². The van der Waals surface area contributed by atoms with Gasteiger partial charge in [-0.05, 0) is 62.2 Å². The summed E-state index contributed by atoms with van der Waals surface area (Å²) >= 11 is 18.1. The van der Waals surface area contributed by atoms with Crippen LogP contribution >= 0.6 is 34.8 Å². The highest BCUT2D eigenvalue weighted by molar-refractivity contribution is 6.35. The van der Waals surface area contributed by atoms with E-state index in [4.69, 9.17) is 39.5 Å². The van der Waals surface area contributed by atoms with Crippen LogP contribution in [0.2, 0.25) is 15.1 Å². The molecule has 2 aromatic rings. The van der Waals surface area contributed by atoms with Gasteiger partial charge in [-0.3, -0.25) is 9.59 Å². The van der Waals surface area contributed by atoms with Gasteiger partial charge in [-0.15, -0.1) is 0 Å². The summed E-state index contributed by atoms with van der Waals surface area (Å²) in [4.78, 5) is 26.8. The third kappa shape index (κ3) is 7.38. The number of amides is 2. The van der Waals surface area contributed by atoms with Crippen molar-refractivity contribution in [2.75, 3.05) is 13.2 Å². The number of ether oxygens (including phenoxy) is 1. The Morgan fingerprint density at radius 2 is 1.73 bits per heavy atom. The van der Waals surface area contributed by atoms with Crippen molar-refractivity contribution < 1.29 is 14.3 Å². The molecule has 0 spiro atoms. The first-order valence-corrected chi connectivity index (χ1v) is 10.8. The Hall–Kier alpha value is -1.95. The molecule has 0 heterocycles. The average molecular weight is 472 g/mol. The van der Waals surface area contributed by atoms with E-state index in [1.54, 1.807) is 49.4 Å². The second-order valence-electron chi connectivity index (χ2n) is 6.73. The van der Waals surface area contributed by atoms with Crippen molar-refractivity contribution in [3.05, 3.63) is 63.1 Å². The molecule has 0 radical (unpaired) electrons. The van der Waals surface area contributed by atoms with E-state index < -0.39 is 6.04 Å². The number of halogens is 3. The van der Waals surface area contributed by atoms with E-state index in [9.17, 15) is 9.59 Å². The Kier molecular flexibility index (Phi) is 9.76. The summed E-state index contributed by atoms with van der Waals surface area (Å²) in [6.45, 7) is 4.61. The molecule has 2 rings (SSSR count). The minimum Gasteiger partial charge on any atom is -0.494 e. The molecule has 0 aliphatic heterocycles. The highest BCUT2D eigenvalue weighted by Crippen LogP contribution is 2.23. The van der Waals surface area contributed by atoms with Gasteiger partial charge in [0.2, 0.25) is 11.8 Å². The number of hydrogen-bond acceptors (Lipinski definition) is 3. The Balaban J connectivity index is 2.01. The molecule has 0 saturated carbocycles. The minimum absolute atomic E-state index is 0.153. The van der Waals surface area contributed by atoms with Gasteiger partial charge in [-0.25, -0.2) is 0 Å². The Labute approximate surface area is 192 Å². The van der Waals surface area contributed by atoms with E-state index >= 15 is 0 Å². The molecule has 0 fully saturated rings. The van der Waals surface area contributed by atoms with Crippen LogP contribution < -0.4 is 10.1 Å². The highest BCUT2D eigenvalue weighted by Gasteiger charge is 2.26. The molecule has 0 aromatic heterocycles. The van der Waals surface area contributed by atoms with E-state index in [1.165, 1.54) is 4.90 Å². The van der Waals surface area contributed by atoms with Crippen LogP contribution in [0.15, 0.2) is 42.5 Å². The summed E-state index contributed by atoms with van der Waals surface area (Å²) in [5, 5.41) is 4.36. The van der Waals surface area contributed by atoms with E-state index in [0.29, 0.717) is 40.4 Å². The van der Waals surface area contributed by atoms with Crippen LogP contribution in [0, 0.1) is 0 Å². The molecule has 0 saturated heterocycles. The molecular formula is C22H25Cl3N2O3. The van der Waals surface area contributed by atoms with Crippen molar-refractivity contribution >= 4 is 46.6 Å². The third-order valence-electron chi connectivity index (χ3n) is 4.49. The van der Waals surface area contributed by atoms with Gasteiger partial charge < -0.3 is 15.0 Å². The van der Waals surface area contributed by atoms with Crippen molar-refractivity contribution in [3.8, 4) is 5.75 Å². The molecule has 8 heteroatoms. The Morgan fingerprint density at radius 3 is 2.37 bits per heavy atom. The molecule has 1 N–H and O–H groups in total. The molecule has 30 heavy (non-hydrogen) atoms. The minimum atomic E-state index is -0.638. The monoisotopic (exact) mass is 470 g/mol. The molecular weight excluding hydrogens is 447 g/mol. The summed E-state index contributed by atoms with van der Waals surface area (Å²) in [5.74, 6) is 0.320. The standard InChI is InChI=1S/C22H25Cl3N2O3/c1-3-26-22(29)15(2)27(14-16-6-7-18(24)13-20(16)25)21(28)5-4-12-30-19-10-8-17(23)9-11-19/h6-11,13,15H,3-5,12,14H2,1-2H3,(H,26,29)/t15-/m0/s1. The summed E-state index contributed by atoms with van der Waals surface area (Å²) < 4.78 is 5.64. The zero-order valence-corrected chi connectivity index (χ0v) is 19.2. The van der Waals surface area contributed by atoms with Gasteiger partial charge in [0.1, 0.15) is 11.8 Å². The maximum Gasteiger partial charge on any atom is 0.242 e. The van der Waals surface area contributed by atoms with E-state index in [-0.39, 0.29) is 24.8 Å². The lowest BCUT2D eigenvalue weighted by Gasteiger charge is -2.29. The maximum absolute atomic E-state index is 12.9. The number of nitrogens with one attached hydrogen (secondary N) is 1. The number of likely N-dealkylation sites (N-methyl/N-ethyl adjacent to an activating group) is 1. The highest BCUT2D eigenvalue weighted by atomic mass is 35.5. The lowest BCUT2D eigenvalue weighted by atomic mass is 10.1. The third-order valence-corrected chi connectivity index (χ3v) is 5.33. The molecule has 0 bridgehead atoms. The lowest BCUT2D eigenvalue weighted by molar-refractivity contribution is -0.140. The predicted octanol–water partition coefficient (Wildman–Crippen LogP) is 5.36. The van der Waals surface area contributed by atoms with Crippen molar-refractivity contribution in [1.82, 2.24) is 10.2 Å². The van der Waals surface area contributed by atoms with Crippen LogP contribution in [0.1, 0.15) is 32.3 Å². The summed E-state index contributed by atoms with van der Waals surface area (Å²) in [5.41, 5.74) is 0.725. The topological polar surface area (TPSA) is 58.6 Å². The van der Waals surface area contributed by atoms with E-state index in [0.717, 1.165) is 5.56 Å². The Bertz CT molecular complexity index is 859. The van der Waals surface area contributed by atoms with Crippen LogP contribution in [0.5, 0.6) is 5.75 Å².